The second-order valence-electron chi connectivity index (χ2n) is 10.0. The number of aliphatic hydroxyl groups is 3. The van der Waals surface area contributed by atoms with E-state index >= 15 is 0 Å². The van der Waals surface area contributed by atoms with Crippen LogP contribution in [0.15, 0.2) is 16.6 Å². The number of amides is 1. The number of unbranched alkanes of at least 4 members (excludes halogenated alkanes) is 3. The molecule has 0 spiro atoms. The van der Waals surface area contributed by atoms with Gasteiger partial charge in [0.15, 0.2) is 18.4 Å². The SMILES string of the molecule is CCCC[N+](C)(CCCC)CNC(=O)[C@H](CCCCN=C(N)N)CC(=O)C1=C[C@@H](O)[C@H](O)[C@H](O)C1. The summed E-state index contributed by atoms with van der Waals surface area (Å²) in [6, 6.07) is 0. The number of guanidine groups is 1. The number of ketones is 1. The van der Waals surface area contributed by atoms with E-state index in [0.717, 1.165) is 43.3 Å². The number of hydrogen-bond acceptors (Lipinski definition) is 6. The molecule has 0 aromatic carbocycles. The van der Waals surface area contributed by atoms with Gasteiger partial charge in [-0.2, -0.15) is 0 Å². The Kier molecular flexibility index (Phi) is 14.1. The third-order valence-electron chi connectivity index (χ3n) is 6.70. The summed E-state index contributed by atoms with van der Waals surface area (Å²) in [5.41, 5.74) is 11.0. The molecule has 10 heteroatoms. The number of aliphatic imine (C=N–C) groups is 1. The van der Waals surface area contributed by atoms with Gasteiger partial charge in [0.05, 0.1) is 26.2 Å². The average molecular weight is 499 g/mol. The van der Waals surface area contributed by atoms with Gasteiger partial charge in [-0.1, -0.05) is 33.1 Å². The van der Waals surface area contributed by atoms with Crippen LogP contribution >= 0.6 is 0 Å². The van der Waals surface area contributed by atoms with E-state index in [9.17, 15) is 24.9 Å². The van der Waals surface area contributed by atoms with Gasteiger partial charge in [0, 0.05) is 25.3 Å². The molecule has 202 valence electrons. The van der Waals surface area contributed by atoms with Crippen LogP contribution in [0.1, 0.15) is 71.6 Å². The van der Waals surface area contributed by atoms with Crippen LogP contribution in [0.5, 0.6) is 0 Å². The molecule has 0 unspecified atom stereocenters. The minimum Gasteiger partial charge on any atom is -0.390 e. The van der Waals surface area contributed by atoms with E-state index in [1.54, 1.807) is 0 Å². The standard InChI is InChI=1S/C25H47N5O5/c1-4-6-12-30(3,13-7-5-2)17-29-24(35)18(10-8-9-11-28-25(26)27)14-20(31)19-15-21(32)23(34)22(33)16-19/h15,18,21-23,32-34H,4-14,16-17H2,1-3H3,(H4-,26,27,28,29,35)/p+1/t18-,21-,22-,23+/m1/s1. The summed E-state index contributed by atoms with van der Waals surface area (Å²) in [7, 11) is 2.15. The zero-order chi connectivity index (χ0) is 26.4. The maximum absolute atomic E-state index is 13.2. The Morgan fingerprint density at radius 1 is 1.11 bits per heavy atom. The fourth-order valence-electron chi connectivity index (χ4n) is 4.31. The normalized spacial score (nSPS) is 21.2. The van der Waals surface area contributed by atoms with Crippen molar-refractivity contribution in [3.63, 3.8) is 0 Å². The van der Waals surface area contributed by atoms with Gasteiger partial charge in [0.25, 0.3) is 0 Å². The van der Waals surface area contributed by atoms with Crippen molar-refractivity contribution in [1.29, 1.82) is 0 Å². The molecule has 0 saturated carbocycles. The molecule has 1 aliphatic rings. The Balaban J connectivity index is 2.87. The molecular weight excluding hydrogens is 450 g/mol. The Bertz CT molecular complexity index is 715. The van der Waals surface area contributed by atoms with Gasteiger partial charge in [0.2, 0.25) is 5.91 Å². The van der Waals surface area contributed by atoms with Crippen molar-refractivity contribution in [3.05, 3.63) is 11.6 Å². The van der Waals surface area contributed by atoms with Gasteiger partial charge in [-0.15, -0.1) is 0 Å². The fourth-order valence-corrected chi connectivity index (χ4v) is 4.31. The Hall–Kier alpha value is -2.01. The molecule has 0 aromatic rings. The van der Waals surface area contributed by atoms with E-state index in [1.165, 1.54) is 6.08 Å². The number of Topliss-reactive ketones (excluding diaryl/α,β-unsaturated/α-hetero) is 1. The highest BCUT2D eigenvalue weighted by Crippen LogP contribution is 2.24. The molecule has 0 aromatic heterocycles. The molecule has 10 nitrogen and oxygen atoms in total. The largest absolute Gasteiger partial charge is 0.390 e. The number of hydrogen-bond donors (Lipinski definition) is 6. The van der Waals surface area contributed by atoms with Gasteiger partial charge < -0.3 is 36.6 Å². The van der Waals surface area contributed by atoms with E-state index in [-0.39, 0.29) is 36.1 Å². The first kappa shape index (κ1) is 31.0. The molecule has 1 rings (SSSR count). The first-order valence-electron chi connectivity index (χ1n) is 13.0. The molecule has 0 heterocycles. The maximum atomic E-state index is 13.2. The monoisotopic (exact) mass is 498 g/mol. The van der Waals surface area contributed by atoms with Gasteiger partial charge in [0.1, 0.15) is 12.2 Å². The lowest BCUT2D eigenvalue weighted by Crippen LogP contribution is -2.53. The van der Waals surface area contributed by atoms with E-state index in [1.807, 2.05) is 0 Å². The third kappa shape index (κ3) is 11.5. The van der Waals surface area contributed by atoms with E-state index in [4.69, 9.17) is 11.5 Å². The number of carbonyl (C=O) groups excluding carboxylic acids is 2. The Labute approximate surface area is 210 Å². The summed E-state index contributed by atoms with van der Waals surface area (Å²) < 4.78 is 0.750. The van der Waals surface area contributed by atoms with Crippen LogP contribution in [-0.2, 0) is 9.59 Å². The zero-order valence-electron chi connectivity index (χ0n) is 21.8. The highest BCUT2D eigenvalue weighted by atomic mass is 16.4. The van der Waals surface area contributed by atoms with Gasteiger partial charge in [-0.25, -0.2) is 0 Å². The van der Waals surface area contributed by atoms with Crippen molar-refractivity contribution in [2.75, 3.05) is 33.4 Å². The zero-order valence-corrected chi connectivity index (χ0v) is 21.8. The summed E-state index contributed by atoms with van der Waals surface area (Å²) in [6.45, 7) is 7.21. The van der Waals surface area contributed by atoms with Crippen molar-refractivity contribution in [3.8, 4) is 0 Å². The Morgan fingerprint density at radius 3 is 2.29 bits per heavy atom. The van der Waals surface area contributed by atoms with Crippen LogP contribution in [0.2, 0.25) is 0 Å². The van der Waals surface area contributed by atoms with Crippen LogP contribution in [-0.4, -0.2) is 89.1 Å². The van der Waals surface area contributed by atoms with E-state index in [0.29, 0.717) is 32.5 Å². The molecule has 35 heavy (non-hydrogen) atoms. The number of rotatable bonds is 17. The van der Waals surface area contributed by atoms with Crippen molar-refractivity contribution in [1.82, 2.24) is 5.32 Å². The molecule has 1 aliphatic carbocycles. The number of carbonyl (C=O) groups is 2. The minimum absolute atomic E-state index is 0.0224. The van der Waals surface area contributed by atoms with Crippen molar-refractivity contribution < 1.29 is 29.4 Å². The molecule has 1 amide bonds. The first-order chi connectivity index (χ1) is 16.5. The summed E-state index contributed by atoms with van der Waals surface area (Å²) in [5.74, 6) is -0.993. The molecular formula is C25H48N5O5+. The molecule has 0 aliphatic heterocycles. The lowest BCUT2D eigenvalue weighted by molar-refractivity contribution is -0.911. The van der Waals surface area contributed by atoms with Gasteiger partial charge in [-0.3, -0.25) is 14.6 Å². The molecule has 0 bridgehead atoms. The summed E-state index contributed by atoms with van der Waals surface area (Å²) in [5, 5.41) is 32.7. The molecule has 8 N–H and O–H groups in total. The number of nitrogens with zero attached hydrogens (tertiary/aromatic N) is 2. The number of nitrogens with two attached hydrogens (primary N) is 2. The van der Waals surface area contributed by atoms with E-state index in [2.05, 4.69) is 31.2 Å². The van der Waals surface area contributed by atoms with E-state index < -0.39 is 24.2 Å². The summed E-state index contributed by atoms with van der Waals surface area (Å²) in [6.07, 6.45) is 3.56. The van der Waals surface area contributed by atoms with Crippen LogP contribution in [0, 0.1) is 5.92 Å². The average Bonchev–Trinajstić information content (AvgIpc) is 2.81. The van der Waals surface area contributed by atoms with Crippen molar-refractivity contribution >= 4 is 17.6 Å². The van der Waals surface area contributed by atoms with Crippen molar-refractivity contribution in [2.24, 2.45) is 22.4 Å². The fraction of sp³-hybridized carbons (Fsp3) is 0.800. The molecule has 0 fully saturated rings. The van der Waals surface area contributed by atoms with Crippen LogP contribution < -0.4 is 16.8 Å². The molecule has 0 radical (unpaired) electrons. The quantitative estimate of drug-likeness (QED) is 0.0558. The van der Waals surface area contributed by atoms with Crippen LogP contribution in [0.3, 0.4) is 0 Å². The van der Waals surface area contributed by atoms with Gasteiger partial charge >= 0.3 is 0 Å². The number of quaternary nitrogens is 1. The highest BCUT2D eigenvalue weighted by molar-refractivity contribution is 5.98. The summed E-state index contributed by atoms with van der Waals surface area (Å²) in [4.78, 5) is 30.1. The maximum Gasteiger partial charge on any atom is 0.227 e. The number of nitrogens with one attached hydrogen (secondary N) is 1. The smallest absolute Gasteiger partial charge is 0.227 e. The topological polar surface area (TPSA) is 171 Å². The first-order valence-corrected chi connectivity index (χ1v) is 13.0. The predicted molar refractivity (Wildman–Crippen MR) is 137 cm³/mol. The van der Waals surface area contributed by atoms with Crippen LogP contribution in [0.25, 0.3) is 0 Å². The molecule has 0 saturated heterocycles. The third-order valence-corrected chi connectivity index (χ3v) is 6.70. The second kappa shape index (κ2) is 15.9. The van der Waals surface area contributed by atoms with Crippen LogP contribution in [0.4, 0.5) is 0 Å². The van der Waals surface area contributed by atoms with Gasteiger partial charge in [-0.05, 0) is 37.3 Å². The minimum atomic E-state index is -1.32. The Morgan fingerprint density at radius 2 is 1.74 bits per heavy atom. The van der Waals surface area contributed by atoms with Crippen molar-refractivity contribution in [2.45, 2.75) is 89.9 Å². The summed E-state index contributed by atoms with van der Waals surface area (Å²) >= 11 is 0. The highest BCUT2D eigenvalue weighted by Gasteiger charge is 2.33. The number of aliphatic hydroxyl groups excluding tert-OH is 3. The predicted octanol–water partition coefficient (Wildman–Crippen LogP) is 0.539. The lowest BCUT2D eigenvalue weighted by atomic mass is 9.86. The second-order valence-corrected chi connectivity index (χ2v) is 10.0. The molecule has 4 atom stereocenters. The lowest BCUT2D eigenvalue weighted by Gasteiger charge is -2.35.